The quantitative estimate of drug-likeness (QED) is 0.466. The van der Waals surface area contributed by atoms with E-state index in [1.54, 1.807) is 19.1 Å². The summed E-state index contributed by atoms with van der Waals surface area (Å²) >= 11 is 1.39. The fourth-order valence-corrected chi connectivity index (χ4v) is 4.05. The van der Waals surface area contributed by atoms with Crippen LogP contribution in [0.3, 0.4) is 0 Å². The number of amides is 1. The molecule has 8 nitrogen and oxygen atoms in total. The van der Waals surface area contributed by atoms with Crippen molar-refractivity contribution in [3.05, 3.63) is 60.7 Å². The smallest absolute Gasteiger partial charge is 0.250 e. The van der Waals surface area contributed by atoms with Gasteiger partial charge in [-0.05, 0) is 17.7 Å². The lowest BCUT2D eigenvalue weighted by molar-refractivity contribution is -0.119. The molecule has 0 fully saturated rings. The van der Waals surface area contributed by atoms with Gasteiger partial charge in [0, 0.05) is 0 Å². The van der Waals surface area contributed by atoms with Gasteiger partial charge in [0.25, 0.3) is 5.91 Å². The number of benzene rings is 2. The van der Waals surface area contributed by atoms with E-state index in [4.69, 9.17) is 14.5 Å². The predicted molar refractivity (Wildman–Crippen MR) is 110 cm³/mol. The zero-order valence-electron chi connectivity index (χ0n) is 16.0. The molecule has 0 saturated carbocycles. The monoisotopic (exact) mass is 409 g/mol. The largest absolute Gasteiger partial charge is 0.495 e. The summed E-state index contributed by atoms with van der Waals surface area (Å²) < 4.78 is 13.2. The van der Waals surface area contributed by atoms with Crippen LogP contribution in [0.25, 0.3) is 10.2 Å². The van der Waals surface area contributed by atoms with Gasteiger partial charge in [-0.3, -0.25) is 9.69 Å². The third kappa shape index (κ3) is 3.90. The molecule has 2 heterocycles. The van der Waals surface area contributed by atoms with Crippen molar-refractivity contribution in [1.82, 2.24) is 19.7 Å². The van der Waals surface area contributed by atoms with Gasteiger partial charge in [-0.2, -0.15) is 5.10 Å². The van der Waals surface area contributed by atoms with Crippen LogP contribution in [0.1, 0.15) is 5.56 Å². The number of carbonyl (C=O) groups excluding carboxylic acids is 1. The molecule has 0 bridgehead atoms. The number of ether oxygens (including phenoxy) is 2. The first-order chi connectivity index (χ1) is 14.2. The maximum absolute atomic E-state index is 13.1. The second kappa shape index (κ2) is 8.27. The Morgan fingerprint density at radius 1 is 1.10 bits per heavy atom. The number of aromatic nitrogens is 4. The van der Waals surface area contributed by atoms with E-state index in [9.17, 15) is 4.79 Å². The fraction of sp³-hybridized carbons (Fsp3) is 0.200. The second-order valence-corrected chi connectivity index (χ2v) is 7.18. The average molecular weight is 409 g/mol. The Hall–Kier alpha value is -3.46. The van der Waals surface area contributed by atoms with Gasteiger partial charge in [-0.1, -0.05) is 41.7 Å². The van der Waals surface area contributed by atoms with Crippen molar-refractivity contribution in [2.24, 2.45) is 0 Å². The van der Waals surface area contributed by atoms with Crippen molar-refractivity contribution >= 4 is 32.6 Å². The van der Waals surface area contributed by atoms with Crippen molar-refractivity contribution in [3.8, 4) is 11.5 Å². The van der Waals surface area contributed by atoms with Crippen molar-refractivity contribution in [2.45, 2.75) is 13.1 Å². The standard InChI is InChI=1S/C20H19N5O3S/c1-27-15-8-9-16(28-2)19-18(15)23-20(29-19)25(10-14-6-4-3-5-7-14)17(26)11-24-13-21-12-22-24/h3-9,12-13H,10-11H2,1-2H3. The highest BCUT2D eigenvalue weighted by Gasteiger charge is 2.23. The minimum absolute atomic E-state index is 0.0665. The van der Waals surface area contributed by atoms with Crippen LogP contribution in [0.2, 0.25) is 0 Å². The van der Waals surface area contributed by atoms with E-state index < -0.39 is 0 Å². The average Bonchev–Trinajstić information content (AvgIpc) is 3.42. The van der Waals surface area contributed by atoms with Crippen molar-refractivity contribution < 1.29 is 14.3 Å². The van der Waals surface area contributed by atoms with Crippen molar-refractivity contribution in [3.63, 3.8) is 0 Å². The highest BCUT2D eigenvalue weighted by atomic mass is 32.1. The van der Waals surface area contributed by atoms with Gasteiger partial charge in [0.2, 0.25) is 0 Å². The first kappa shape index (κ1) is 18.9. The lowest BCUT2D eigenvalue weighted by Crippen LogP contribution is -2.33. The topological polar surface area (TPSA) is 82.4 Å². The number of fused-ring (bicyclic) bond motifs is 1. The Bertz CT molecular complexity index is 1070. The van der Waals surface area contributed by atoms with E-state index >= 15 is 0 Å². The van der Waals surface area contributed by atoms with E-state index in [1.165, 1.54) is 28.7 Å². The summed E-state index contributed by atoms with van der Waals surface area (Å²) in [4.78, 5) is 23.4. The van der Waals surface area contributed by atoms with Crippen LogP contribution in [0.4, 0.5) is 5.13 Å². The number of nitrogens with zero attached hydrogens (tertiary/aromatic N) is 5. The zero-order chi connectivity index (χ0) is 20.2. The summed E-state index contributed by atoms with van der Waals surface area (Å²) in [6.07, 6.45) is 2.92. The third-order valence-electron chi connectivity index (χ3n) is 4.38. The summed E-state index contributed by atoms with van der Waals surface area (Å²) in [5, 5.41) is 4.60. The van der Waals surface area contributed by atoms with Gasteiger partial charge in [0.1, 0.15) is 40.9 Å². The molecule has 0 spiro atoms. The molecule has 148 valence electrons. The Balaban J connectivity index is 1.76. The van der Waals surface area contributed by atoms with Crippen molar-refractivity contribution in [1.29, 1.82) is 0 Å². The molecule has 0 atom stereocenters. The molecule has 0 aliphatic rings. The molecular weight excluding hydrogens is 390 g/mol. The van der Waals surface area contributed by atoms with Gasteiger partial charge >= 0.3 is 0 Å². The van der Waals surface area contributed by atoms with Gasteiger partial charge in [-0.25, -0.2) is 14.6 Å². The molecule has 4 rings (SSSR count). The van der Waals surface area contributed by atoms with Crippen LogP contribution in [-0.4, -0.2) is 39.9 Å². The van der Waals surface area contributed by atoms with E-state index in [2.05, 4.69) is 10.1 Å². The van der Waals surface area contributed by atoms with E-state index in [1.807, 2.05) is 42.5 Å². The molecule has 29 heavy (non-hydrogen) atoms. The Morgan fingerprint density at radius 3 is 2.55 bits per heavy atom. The molecule has 2 aromatic carbocycles. The van der Waals surface area contributed by atoms with Crippen LogP contribution in [0.5, 0.6) is 11.5 Å². The minimum atomic E-state index is -0.142. The molecule has 0 radical (unpaired) electrons. The summed E-state index contributed by atoms with van der Waals surface area (Å²) in [5.41, 5.74) is 1.66. The highest BCUT2D eigenvalue weighted by Crippen LogP contribution is 2.40. The highest BCUT2D eigenvalue weighted by molar-refractivity contribution is 7.22. The summed E-state index contributed by atoms with van der Waals surface area (Å²) in [7, 11) is 3.20. The summed E-state index contributed by atoms with van der Waals surface area (Å²) in [6.45, 7) is 0.454. The molecule has 9 heteroatoms. The van der Waals surface area contributed by atoms with E-state index in [-0.39, 0.29) is 12.5 Å². The minimum Gasteiger partial charge on any atom is -0.495 e. The van der Waals surface area contributed by atoms with Crippen LogP contribution < -0.4 is 14.4 Å². The Labute approximate surface area is 171 Å². The number of rotatable bonds is 7. The number of thiazole rings is 1. The number of methoxy groups -OCH3 is 2. The molecular formula is C20H19N5O3S. The lowest BCUT2D eigenvalue weighted by Gasteiger charge is -2.20. The second-order valence-electron chi connectivity index (χ2n) is 6.20. The number of anilines is 1. The van der Waals surface area contributed by atoms with Crippen LogP contribution in [0, 0.1) is 0 Å². The number of hydrogen-bond donors (Lipinski definition) is 0. The molecule has 0 aliphatic heterocycles. The van der Waals surface area contributed by atoms with Crippen LogP contribution in [0.15, 0.2) is 55.1 Å². The Morgan fingerprint density at radius 2 is 1.86 bits per heavy atom. The summed E-state index contributed by atoms with van der Waals surface area (Å²) in [5.74, 6) is 1.18. The molecule has 0 saturated heterocycles. The first-order valence-electron chi connectivity index (χ1n) is 8.88. The molecule has 2 aromatic heterocycles. The third-order valence-corrected chi connectivity index (χ3v) is 5.47. The normalized spacial score (nSPS) is 10.8. The van der Waals surface area contributed by atoms with Gasteiger partial charge in [0.15, 0.2) is 5.13 Å². The van der Waals surface area contributed by atoms with Crippen LogP contribution in [-0.2, 0) is 17.9 Å². The van der Waals surface area contributed by atoms with Crippen LogP contribution >= 0.6 is 11.3 Å². The predicted octanol–water partition coefficient (Wildman–Crippen LogP) is 3.14. The number of hydrogen-bond acceptors (Lipinski definition) is 7. The van der Waals surface area contributed by atoms with E-state index in [0.29, 0.717) is 28.7 Å². The molecule has 0 N–H and O–H groups in total. The maximum atomic E-state index is 13.1. The van der Waals surface area contributed by atoms with E-state index in [0.717, 1.165) is 10.3 Å². The molecule has 0 unspecified atom stereocenters. The van der Waals surface area contributed by atoms with Crippen molar-refractivity contribution in [2.75, 3.05) is 19.1 Å². The first-order valence-corrected chi connectivity index (χ1v) is 9.69. The number of carbonyl (C=O) groups is 1. The van der Waals surface area contributed by atoms with Gasteiger partial charge in [0.05, 0.1) is 20.8 Å². The zero-order valence-corrected chi connectivity index (χ0v) is 16.8. The maximum Gasteiger partial charge on any atom is 0.250 e. The Kier molecular flexibility index (Phi) is 5.39. The molecule has 0 aliphatic carbocycles. The molecule has 1 amide bonds. The van der Waals surface area contributed by atoms with Gasteiger partial charge in [-0.15, -0.1) is 0 Å². The lowest BCUT2D eigenvalue weighted by atomic mass is 10.2. The SMILES string of the molecule is COc1ccc(OC)c2sc(N(Cc3ccccc3)C(=O)Cn3cncn3)nc12. The summed E-state index contributed by atoms with van der Waals surface area (Å²) in [6, 6.07) is 13.4. The fourth-order valence-electron chi connectivity index (χ4n) is 2.96. The molecule has 4 aromatic rings. The van der Waals surface area contributed by atoms with Gasteiger partial charge < -0.3 is 9.47 Å².